The molecule has 108 valence electrons. The third-order valence-electron chi connectivity index (χ3n) is 3.19. The largest absolute Gasteiger partial charge is 0.493 e. The Bertz CT molecular complexity index is 591. The van der Waals surface area contributed by atoms with E-state index in [1.54, 1.807) is 7.11 Å². The van der Waals surface area contributed by atoms with Gasteiger partial charge in [-0.2, -0.15) is 5.10 Å². The first-order chi connectivity index (χ1) is 9.51. The van der Waals surface area contributed by atoms with Crippen LogP contribution >= 0.6 is 0 Å². The molecule has 20 heavy (non-hydrogen) atoms. The average molecular weight is 275 g/mol. The molecule has 1 aromatic heterocycles. The zero-order valence-corrected chi connectivity index (χ0v) is 12.4. The number of rotatable bonds is 5. The molecule has 5 nitrogen and oxygen atoms in total. The van der Waals surface area contributed by atoms with Crippen LogP contribution in [0, 0.1) is 6.92 Å². The number of ether oxygens (including phenoxy) is 2. The molecule has 0 aliphatic heterocycles. The summed E-state index contributed by atoms with van der Waals surface area (Å²) in [5.74, 6) is 1.40. The van der Waals surface area contributed by atoms with Crippen molar-refractivity contribution in [2.45, 2.75) is 26.5 Å². The maximum absolute atomic E-state index is 5.87. The van der Waals surface area contributed by atoms with E-state index in [0.717, 1.165) is 17.0 Å². The standard InChI is InChI=1S/C15H21N3O2/c1-10-7-13(18(3)17-10)9-20-14-6-5-12(11(2)16)8-15(14)19-4/h5-8,11H,9,16H2,1-4H3/t11-/m0/s1. The van der Waals surface area contributed by atoms with Gasteiger partial charge in [-0.25, -0.2) is 0 Å². The van der Waals surface area contributed by atoms with Crippen LogP contribution in [0.2, 0.25) is 0 Å². The number of benzene rings is 1. The highest BCUT2D eigenvalue weighted by Crippen LogP contribution is 2.30. The zero-order chi connectivity index (χ0) is 14.7. The van der Waals surface area contributed by atoms with Gasteiger partial charge in [-0.15, -0.1) is 0 Å². The first kappa shape index (κ1) is 14.4. The van der Waals surface area contributed by atoms with Gasteiger partial charge in [0, 0.05) is 13.1 Å². The lowest BCUT2D eigenvalue weighted by Gasteiger charge is -2.13. The van der Waals surface area contributed by atoms with Gasteiger partial charge >= 0.3 is 0 Å². The fourth-order valence-electron chi connectivity index (χ4n) is 2.04. The van der Waals surface area contributed by atoms with Crippen LogP contribution in [0.15, 0.2) is 24.3 Å². The van der Waals surface area contributed by atoms with Crippen molar-refractivity contribution in [2.24, 2.45) is 12.8 Å². The molecule has 5 heteroatoms. The predicted molar refractivity (Wildman–Crippen MR) is 77.9 cm³/mol. The Hall–Kier alpha value is -2.01. The summed E-state index contributed by atoms with van der Waals surface area (Å²) in [7, 11) is 3.53. The van der Waals surface area contributed by atoms with Crippen molar-refractivity contribution in [3.8, 4) is 11.5 Å². The summed E-state index contributed by atoms with van der Waals surface area (Å²) in [4.78, 5) is 0. The molecule has 0 amide bonds. The molecule has 1 aromatic carbocycles. The van der Waals surface area contributed by atoms with Crippen molar-refractivity contribution in [2.75, 3.05) is 7.11 Å². The van der Waals surface area contributed by atoms with Gasteiger partial charge in [-0.3, -0.25) is 4.68 Å². The fraction of sp³-hybridized carbons (Fsp3) is 0.400. The third-order valence-corrected chi connectivity index (χ3v) is 3.19. The number of aryl methyl sites for hydroxylation is 2. The van der Waals surface area contributed by atoms with Gasteiger partial charge in [0.2, 0.25) is 0 Å². The van der Waals surface area contributed by atoms with Gasteiger partial charge in [-0.05, 0) is 37.6 Å². The summed E-state index contributed by atoms with van der Waals surface area (Å²) >= 11 is 0. The van der Waals surface area contributed by atoms with E-state index in [2.05, 4.69) is 5.10 Å². The topological polar surface area (TPSA) is 62.3 Å². The Balaban J connectivity index is 2.15. The lowest BCUT2D eigenvalue weighted by atomic mass is 10.1. The molecule has 1 atom stereocenters. The predicted octanol–water partition coefficient (Wildman–Crippen LogP) is 2.34. The van der Waals surface area contributed by atoms with Gasteiger partial charge in [0.15, 0.2) is 11.5 Å². The summed E-state index contributed by atoms with van der Waals surface area (Å²) in [6.07, 6.45) is 0. The summed E-state index contributed by atoms with van der Waals surface area (Å²) in [5.41, 5.74) is 8.88. The SMILES string of the molecule is COc1cc([C@H](C)N)ccc1OCc1cc(C)nn1C. The zero-order valence-electron chi connectivity index (χ0n) is 12.4. The quantitative estimate of drug-likeness (QED) is 0.909. The van der Waals surface area contributed by atoms with Crippen LogP contribution in [-0.2, 0) is 13.7 Å². The molecule has 0 bridgehead atoms. The summed E-state index contributed by atoms with van der Waals surface area (Å²) in [5, 5.41) is 4.29. The minimum atomic E-state index is -0.0299. The molecule has 0 radical (unpaired) electrons. The molecule has 0 aliphatic rings. The van der Waals surface area contributed by atoms with Crippen LogP contribution in [0.5, 0.6) is 11.5 Å². The van der Waals surface area contributed by atoms with E-state index < -0.39 is 0 Å². The smallest absolute Gasteiger partial charge is 0.161 e. The molecular formula is C15H21N3O2. The average Bonchev–Trinajstić information content (AvgIpc) is 2.74. The van der Waals surface area contributed by atoms with E-state index in [1.807, 2.05) is 49.8 Å². The van der Waals surface area contributed by atoms with Gasteiger partial charge in [0.1, 0.15) is 6.61 Å². The second-order valence-corrected chi connectivity index (χ2v) is 4.89. The van der Waals surface area contributed by atoms with Crippen molar-refractivity contribution in [1.82, 2.24) is 9.78 Å². The highest BCUT2D eigenvalue weighted by atomic mass is 16.5. The highest BCUT2D eigenvalue weighted by molar-refractivity contribution is 5.43. The summed E-state index contributed by atoms with van der Waals surface area (Å²) in [6.45, 7) is 4.35. The van der Waals surface area contributed by atoms with E-state index in [9.17, 15) is 0 Å². The van der Waals surface area contributed by atoms with Gasteiger partial charge in [0.25, 0.3) is 0 Å². The van der Waals surface area contributed by atoms with Crippen molar-refractivity contribution in [3.05, 3.63) is 41.2 Å². The Labute approximate surface area is 119 Å². The third kappa shape index (κ3) is 3.11. The Kier molecular flexibility index (Phi) is 4.29. The minimum absolute atomic E-state index is 0.0299. The van der Waals surface area contributed by atoms with Crippen molar-refractivity contribution < 1.29 is 9.47 Å². The van der Waals surface area contributed by atoms with Crippen molar-refractivity contribution >= 4 is 0 Å². The lowest BCUT2D eigenvalue weighted by Crippen LogP contribution is -2.06. The molecule has 0 spiro atoms. The first-order valence-electron chi connectivity index (χ1n) is 6.57. The van der Waals surface area contributed by atoms with Crippen LogP contribution in [0.1, 0.15) is 29.9 Å². The monoisotopic (exact) mass is 275 g/mol. The molecular weight excluding hydrogens is 254 g/mol. The summed E-state index contributed by atoms with van der Waals surface area (Å²) < 4.78 is 13.0. The Morgan fingerprint density at radius 1 is 1.30 bits per heavy atom. The number of nitrogens with zero attached hydrogens (tertiary/aromatic N) is 2. The molecule has 0 unspecified atom stereocenters. The van der Waals surface area contributed by atoms with E-state index in [4.69, 9.17) is 15.2 Å². The van der Waals surface area contributed by atoms with Crippen LogP contribution in [0.25, 0.3) is 0 Å². The molecule has 0 aliphatic carbocycles. The van der Waals surface area contributed by atoms with Crippen molar-refractivity contribution in [1.29, 1.82) is 0 Å². The second-order valence-electron chi connectivity index (χ2n) is 4.89. The molecule has 2 rings (SSSR count). The van der Waals surface area contributed by atoms with Crippen molar-refractivity contribution in [3.63, 3.8) is 0 Å². The molecule has 1 heterocycles. The van der Waals surface area contributed by atoms with Crippen LogP contribution in [0.4, 0.5) is 0 Å². The number of methoxy groups -OCH3 is 1. The maximum Gasteiger partial charge on any atom is 0.161 e. The summed E-state index contributed by atoms with van der Waals surface area (Å²) in [6, 6.07) is 7.73. The number of aromatic nitrogens is 2. The molecule has 2 N–H and O–H groups in total. The highest BCUT2D eigenvalue weighted by Gasteiger charge is 2.09. The number of hydrogen-bond acceptors (Lipinski definition) is 4. The molecule has 0 fully saturated rings. The van der Waals surface area contributed by atoms with Crippen LogP contribution in [-0.4, -0.2) is 16.9 Å². The molecule has 0 saturated heterocycles. The van der Waals surface area contributed by atoms with Gasteiger partial charge < -0.3 is 15.2 Å². The van der Waals surface area contributed by atoms with E-state index in [0.29, 0.717) is 18.1 Å². The van der Waals surface area contributed by atoms with E-state index in [-0.39, 0.29) is 6.04 Å². The number of hydrogen-bond donors (Lipinski definition) is 1. The molecule has 0 saturated carbocycles. The van der Waals surface area contributed by atoms with Gasteiger partial charge in [-0.1, -0.05) is 6.07 Å². The minimum Gasteiger partial charge on any atom is -0.493 e. The van der Waals surface area contributed by atoms with Crippen LogP contribution in [0.3, 0.4) is 0 Å². The molecule has 2 aromatic rings. The van der Waals surface area contributed by atoms with E-state index >= 15 is 0 Å². The van der Waals surface area contributed by atoms with E-state index in [1.165, 1.54) is 0 Å². The Morgan fingerprint density at radius 3 is 2.60 bits per heavy atom. The second kappa shape index (κ2) is 5.96. The Morgan fingerprint density at radius 2 is 2.05 bits per heavy atom. The maximum atomic E-state index is 5.87. The normalized spacial score (nSPS) is 12.2. The lowest BCUT2D eigenvalue weighted by molar-refractivity contribution is 0.275. The van der Waals surface area contributed by atoms with Crippen LogP contribution < -0.4 is 15.2 Å². The van der Waals surface area contributed by atoms with Gasteiger partial charge in [0.05, 0.1) is 18.5 Å². The number of nitrogens with two attached hydrogens (primary N) is 1. The first-order valence-corrected chi connectivity index (χ1v) is 6.57. The fourth-order valence-corrected chi connectivity index (χ4v) is 2.04.